The summed E-state index contributed by atoms with van der Waals surface area (Å²) in [4.78, 5) is 28.5. The number of carbonyl (C=O) groups is 2. The average Bonchev–Trinajstić information content (AvgIpc) is 3.39. The van der Waals surface area contributed by atoms with Crippen LogP contribution >= 0.6 is 0 Å². The Morgan fingerprint density at radius 2 is 1.91 bits per heavy atom. The monoisotopic (exact) mass is 315 g/mol. The minimum atomic E-state index is -0.518. The molecule has 2 fully saturated rings. The maximum atomic E-state index is 12.6. The third-order valence-corrected chi connectivity index (χ3v) is 4.76. The molecule has 5 nitrogen and oxygen atoms in total. The predicted molar refractivity (Wildman–Crippen MR) is 88.6 cm³/mol. The Labute approximate surface area is 137 Å². The number of piperazine rings is 1. The van der Waals surface area contributed by atoms with Crippen LogP contribution in [-0.2, 0) is 16.0 Å². The van der Waals surface area contributed by atoms with Crippen molar-refractivity contribution < 1.29 is 9.59 Å². The molecular weight excluding hydrogens is 290 g/mol. The quantitative estimate of drug-likeness (QED) is 0.902. The zero-order chi connectivity index (χ0) is 16.4. The van der Waals surface area contributed by atoms with Crippen LogP contribution in [0, 0.1) is 5.92 Å². The molecule has 2 aliphatic rings. The van der Waals surface area contributed by atoms with Crippen LogP contribution in [0.5, 0.6) is 0 Å². The van der Waals surface area contributed by atoms with E-state index in [1.54, 1.807) is 0 Å². The number of nitrogens with zero attached hydrogens (tertiary/aromatic N) is 2. The third kappa shape index (κ3) is 3.72. The van der Waals surface area contributed by atoms with Gasteiger partial charge in [0, 0.05) is 31.6 Å². The summed E-state index contributed by atoms with van der Waals surface area (Å²) >= 11 is 0. The highest BCUT2D eigenvalue weighted by molar-refractivity contribution is 5.84. The van der Waals surface area contributed by atoms with Crippen LogP contribution in [0.2, 0.25) is 0 Å². The van der Waals surface area contributed by atoms with Crippen LogP contribution in [0.25, 0.3) is 0 Å². The smallest absolute Gasteiger partial charge is 0.239 e. The number of benzene rings is 1. The van der Waals surface area contributed by atoms with E-state index in [0.29, 0.717) is 26.1 Å². The molecule has 1 aliphatic carbocycles. The van der Waals surface area contributed by atoms with Crippen LogP contribution in [0.15, 0.2) is 30.3 Å². The van der Waals surface area contributed by atoms with Crippen molar-refractivity contribution in [2.75, 3.05) is 19.6 Å². The molecule has 0 spiro atoms. The zero-order valence-corrected chi connectivity index (χ0v) is 13.6. The second-order valence-corrected chi connectivity index (χ2v) is 6.74. The van der Waals surface area contributed by atoms with E-state index in [2.05, 4.69) is 0 Å². The molecule has 2 atom stereocenters. The first kappa shape index (κ1) is 16.0. The lowest BCUT2D eigenvalue weighted by atomic mass is 10.0. The van der Waals surface area contributed by atoms with Crippen molar-refractivity contribution in [3.8, 4) is 0 Å². The summed E-state index contributed by atoms with van der Waals surface area (Å²) in [5.74, 6) is 0.484. The number of hydrogen-bond donors (Lipinski definition) is 1. The molecule has 0 unspecified atom stereocenters. The summed E-state index contributed by atoms with van der Waals surface area (Å²) in [6.45, 7) is 3.81. The first-order valence-electron chi connectivity index (χ1n) is 8.45. The fourth-order valence-electron chi connectivity index (χ4n) is 3.24. The molecule has 23 heavy (non-hydrogen) atoms. The van der Waals surface area contributed by atoms with Crippen molar-refractivity contribution in [1.82, 2.24) is 9.80 Å². The highest BCUT2D eigenvalue weighted by atomic mass is 16.2. The molecule has 1 aliphatic heterocycles. The van der Waals surface area contributed by atoms with E-state index in [1.807, 2.05) is 47.1 Å². The van der Waals surface area contributed by atoms with Crippen molar-refractivity contribution in [3.05, 3.63) is 35.9 Å². The van der Waals surface area contributed by atoms with E-state index >= 15 is 0 Å². The maximum Gasteiger partial charge on any atom is 0.239 e. The van der Waals surface area contributed by atoms with Crippen LogP contribution in [0.3, 0.4) is 0 Å². The second-order valence-electron chi connectivity index (χ2n) is 6.74. The number of carbonyl (C=O) groups excluding carboxylic acids is 2. The van der Waals surface area contributed by atoms with Gasteiger partial charge in [0.1, 0.15) is 0 Å². The molecule has 0 radical (unpaired) electrons. The number of hydrogen-bond acceptors (Lipinski definition) is 3. The molecule has 5 heteroatoms. The van der Waals surface area contributed by atoms with Gasteiger partial charge in [-0.3, -0.25) is 9.59 Å². The molecule has 0 aromatic heterocycles. The Balaban J connectivity index is 1.55. The second kappa shape index (κ2) is 6.71. The highest BCUT2D eigenvalue weighted by Crippen LogP contribution is 2.32. The summed E-state index contributed by atoms with van der Waals surface area (Å²) in [6, 6.07) is 9.40. The van der Waals surface area contributed by atoms with Gasteiger partial charge in [-0.15, -0.1) is 0 Å². The minimum Gasteiger partial charge on any atom is -0.338 e. The fourth-order valence-corrected chi connectivity index (χ4v) is 3.24. The van der Waals surface area contributed by atoms with E-state index < -0.39 is 6.04 Å². The SMILES string of the molecule is C[C@H]1CN(C(=O)[C@@H](N)Cc2ccccc2)CCN1C(=O)C1CC1. The van der Waals surface area contributed by atoms with Gasteiger partial charge in [0.05, 0.1) is 6.04 Å². The first-order chi connectivity index (χ1) is 11.1. The van der Waals surface area contributed by atoms with E-state index in [-0.39, 0.29) is 23.8 Å². The van der Waals surface area contributed by atoms with Crippen LogP contribution in [0.4, 0.5) is 0 Å². The topological polar surface area (TPSA) is 66.6 Å². The lowest BCUT2D eigenvalue weighted by Gasteiger charge is -2.40. The summed E-state index contributed by atoms with van der Waals surface area (Å²) in [5, 5.41) is 0. The van der Waals surface area contributed by atoms with Gasteiger partial charge in [0.2, 0.25) is 11.8 Å². The van der Waals surface area contributed by atoms with Gasteiger partial charge in [-0.1, -0.05) is 30.3 Å². The van der Waals surface area contributed by atoms with E-state index in [0.717, 1.165) is 18.4 Å². The lowest BCUT2D eigenvalue weighted by Crippen LogP contribution is -2.58. The van der Waals surface area contributed by atoms with Gasteiger partial charge >= 0.3 is 0 Å². The van der Waals surface area contributed by atoms with E-state index in [4.69, 9.17) is 5.73 Å². The number of rotatable bonds is 4. The lowest BCUT2D eigenvalue weighted by molar-refractivity contribution is -0.143. The van der Waals surface area contributed by atoms with Crippen molar-refractivity contribution in [3.63, 3.8) is 0 Å². The Morgan fingerprint density at radius 3 is 2.52 bits per heavy atom. The number of amides is 2. The normalized spacial score (nSPS) is 22.8. The summed E-state index contributed by atoms with van der Waals surface area (Å²) in [7, 11) is 0. The molecule has 1 saturated carbocycles. The fraction of sp³-hybridized carbons (Fsp3) is 0.556. The molecule has 0 bridgehead atoms. The van der Waals surface area contributed by atoms with Crippen molar-refractivity contribution >= 4 is 11.8 Å². The molecule has 1 aromatic carbocycles. The molecule has 124 valence electrons. The Morgan fingerprint density at radius 1 is 1.22 bits per heavy atom. The molecule has 2 amide bonds. The van der Waals surface area contributed by atoms with Crippen molar-refractivity contribution in [2.24, 2.45) is 11.7 Å². The predicted octanol–water partition coefficient (Wildman–Crippen LogP) is 1.03. The van der Waals surface area contributed by atoms with Gasteiger partial charge in [0.15, 0.2) is 0 Å². The standard InChI is InChI=1S/C18H25N3O2/c1-13-12-20(9-10-21(13)17(22)15-7-8-15)18(23)16(19)11-14-5-3-2-4-6-14/h2-6,13,15-16H,7-12,19H2,1H3/t13-,16-/m0/s1. The Kier molecular flexibility index (Phi) is 4.66. The van der Waals surface area contributed by atoms with Crippen LogP contribution in [-0.4, -0.2) is 53.3 Å². The highest BCUT2D eigenvalue weighted by Gasteiger charge is 2.38. The Bertz CT molecular complexity index is 571. The molecular formula is C18H25N3O2. The largest absolute Gasteiger partial charge is 0.338 e. The maximum absolute atomic E-state index is 12.6. The third-order valence-electron chi connectivity index (χ3n) is 4.76. The molecule has 1 heterocycles. The van der Waals surface area contributed by atoms with Gasteiger partial charge < -0.3 is 15.5 Å². The van der Waals surface area contributed by atoms with E-state index in [9.17, 15) is 9.59 Å². The Hall–Kier alpha value is -1.88. The first-order valence-corrected chi connectivity index (χ1v) is 8.45. The minimum absolute atomic E-state index is 0.0146. The van der Waals surface area contributed by atoms with Gasteiger partial charge in [-0.25, -0.2) is 0 Å². The van der Waals surface area contributed by atoms with Crippen LogP contribution in [0.1, 0.15) is 25.3 Å². The average molecular weight is 315 g/mol. The zero-order valence-electron chi connectivity index (χ0n) is 13.6. The molecule has 3 rings (SSSR count). The number of nitrogens with two attached hydrogens (primary N) is 1. The van der Waals surface area contributed by atoms with Gasteiger partial charge in [-0.2, -0.15) is 0 Å². The van der Waals surface area contributed by atoms with Gasteiger partial charge in [-0.05, 0) is 31.7 Å². The molecule has 1 aromatic rings. The van der Waals surface area contributed by atoms with E-state index in [1.165, 1.54) is 0 Å². The van der Waals surface area contributed by atoms with Crippen molar-refractivity contribution in [1.29, 1.82) is 0 Å². The summed E-state index contributed by atoms with van der Waals surface area (Å²) < 4.78 is 0. The molecule has 2 N–H and O–H groups in total. The molecule has 1 saturated heterocycles. The van der Waals surface area contributed by atoms with Crippen LogP contribution < -0.4 is 5.73 Å². The van der Waals surface area contributed by atoms with Gasteiger partial charge in [0.25, 0.3) is 0 Å². The summed E-state index contributed by atoms with van der Waals surface area (Å²) in [5.41, 5.74) is 7.18. The summed E-state index contributed by atoms with van der Waals surface area (Å²) in [6.07, 6.45) is 2.59. The van der Waals surface area contributed by atoms with Crippen molar-refractivity contribution in [2.45, 2.75) is 38.3 Å².